The normalized spacial score (nSPS) is 10.1. The molecule has 0 aliphatic carbocycles. The van der Waals surface area contributed by atoms with Crippen LogP contribution in [0.15, 0.2) is 29.1 Å². The number of hydrogen-bond donors (Lipinski definition) is 5. The SMILES string of the molecule is Cc1cccc(NC(=S)NNC(=O)Cc2cc(=O)[nH]c(=S)[nH]2)c1C. The molecule has 0 spiro atoms. The number of benzene rings is 1. The Bertz CT molecular complexity index is 860. The van der Waals surface area contributed by atoms with E-state index in [1.165, 1.54) is 6.07 Å². The molecule has 0 aliphatic rings. The van der Waals surface area contributed by atoms with Crippen molar-refractivity contribution in [3.63, 3.8) is 0 Å². The van der Waals surface area contributed by atoms with Gasteiger partial charge in [-0.15, -0.1) is 0 Å². The molecule has 0 atom stereocenters. The number of aromatic nitrogens is 2. The van der Waals surface area contributed by atoms with E-state index < -0.39 is 0 Å². The topological polar surface area (TPSA) is 102 Å². The predicted molar refractivity (Wildman–Crippen MR) is 99.4 cm³/mol. The van der Waals surface area contributed by atoms with Crippen LogP contribution in [0, 0.1) is 18.6 Å². The average molecular weight is 363 g/mol. The first kappa shape index (κ1) is 17.8. The van der Waals surface area contributed by atoms with Crippen LogP contribution in [0.5, 0.6) is 0 Å². The van der Waals surface area contributed by atoms with Gasteiger partial charge in [-0.3, -0.25) is 25.4 Å². The van der Waals surface area contributed by atoms with Gasteiger partial charge in [0.1, 0.15) is 0 Å². The van der Waals surface area contributed by atoms with Crippen LogP contribution in [-0.2, 0) is 11.2 Å². The smallest absolute Gasteiger partial charge is 0.251 e. The fourth-order valence-corrected chi connectivity index (χ4v) is 2.39. The van der Waals surface area contributed by atoms with Crippen molar-refractivity contribution in [1.29, 1.82) is 0 Å². The Morgan fingerprint density at radius 3 is 2.67 bits per heavy atom. The molecule has 126 valence electrons. The summed E-state index contributed by atoms with van der Waals surface area (Å²) < 4.78 is 0.172. The monoisotopic (exact) mass is 363 g/mol. The Hall–Kier alpha value is -2.52. The zero-order valence-corrected chi connectivity index (χ0v) is 14.8. The molecule has 2 aromatic rings. The number of aromatic amines is 2. The minimum Gasteiger partial charge on any atom is -0.335 e. The van der Waals surface area contributed by atoms with E-state index in [9.17, 15) is 9.59 Å². The Kier molecular flexibility index (Phi) is 5.83. The predicted octanol–water partition coefficient (Wildman–Crippen LogP) is 1.61. The molecular weight excluding hydrogens is 346 g/mol. The Morgan fingerprint density at radius 1 is 1.21 bits per heavy atom. The van der Waals surface area contributed by atoms with E-state index >= 15 is 0 Å². The lowest BCUT2D eigenvalue weighted by Gasteiger charge is -2.14. The number of nitrogens with one attached hydrogen (secondary N) is 5. The molecule has 0 saturated heterocycles. The molecule has 1 aromatic heterocycles. The summed E-state index contributed by atoms with van der Waals surface area (Å²) in [6.45, 7) is 3.98. The number of hydrazine groups is 1. The Balaban J connectivity index is 1.89. The standard InChI is InChI=1S/C15H17N5O2S2/c1-8-4-3-5-11(9(8)2)17-15(24)20-19-13(22)7-10-6-12(21)18-14(23)16-10/h3-6H,7H2,1-2H3,(H,19,22)(H2,17,20,24)(H2,16,18,21,23). The van der Waals surface area contributed by atoms with E-state index in [-0.39, 0.29) is 27.8 Å². The second kappa shape index (κ2) is 7.84. The molecule has 5 N–H and O–H groups in total. The van der Waals surface area contributed by atoms with Gasteiger partial charge >= 0.3 is 0 Å². The fraction of sp³-hybridized carbons (Fsp3) is 0.200. The van der Waals surface area contributed by atoms with Gasteiger partial charge in [0, 0.05) is 17.4 Å². The van der Waals surface area contributed by atoms with Gasteiger partial charge in [-0.25, -0.2) is 0 Å². The minimum atomic E-state index is -0.364. The van der Waals surface area contributed by atoms with Gasteiger partial charge in [0.25, 0.3) is 5.56 Å². The van der Waals surface area contributed by atoms with E-state index in [0.29, 0.717) is 5.69 Å². The van der Waals surface area contributed by atoms with Crippen molar-refractivity contribution in [2.24, 2.45) is 0 Å². The van der Waals surface area contributed by atoms with E-state index in [4.69, 9.17) is 24.4 Å². The van der Waals surface area contributed by atoms with Crippen LogP contribution in [0.4, 0.5) is 5.69 Å². The van der Waals surface area contributed by atoms with Crippen molar-refractivity contribution in [1.82, 2.24) is 20.8 Å². The maximum absolute atomic E-state index is 11.9. The molecule has 1 amide bonds. The second-order valence-corrected chi connectivity index (χ2v) is 5.98. The number of H-pyrrole nitrogens is 2. The van der Waals surface area contributed by atoms with Crippen LogP contribution >= 0.6 is 24.4 Å². The summed E-state index contributed by atoms with van der Waals surface area (Å²) in [5.41, 5.74) is 8.21. The highest BCUT2D eigenvalue weighted by Crippen LogP contribution is 2.17. The number of carbonyl (C=O) groups is 1. The third-order valence-electron chi connectivity index (χ3n) is 3.34. The molecular formula is C15H17N5O2S2. The largest absolute Gasteiger partial charge is 0.335 e. The number of rotatable bonds is 3. The number of aryl methyl sites for hydroxylation is 1. The summed E-state index contributed by atoms with van der Waals surface area (Å²) in [6, 6.07) is 7.10. The number of amides is 1. The highest BCUT2D eigenvalue weighted by Gasteiger charge is 2.07. The summed E-state index contributed by atoms with van der Waals surface area (Å²) in [5, 5.41) is 3.27. The zero-order valence-electron chi connectivity index (χ0n) is 13.1. The maximum Gasteiger partial charge on any atom is 0.251 e. The van der Waals surface area contributed by atoms with Gasteiger partial charge in [0.2, 0.25) is 5.91 Å². The van der Waals surface area contributed by atoms with Crippen molar-refractivity contribution in [3.8, 4) is 0 Å². The van der Waals surface area contributed by atoms with Crippen LogP contribution in [-0.4, -0.2) is 21.0 Å². The molecule has 0 saturated carbocycles. The highest BCUT2D eigenvalue weighted by atomic mass is 32.1. The van der Waals surface area contributed by atoms with Gasteiger partial charge in [-0.05, 0) is 55.5 Å². The second-order valence-electron chi connectivity index (χ2n) is 5.16. The van der Waals surface area contributed by atoms with Gasteiger partial charge in [0.15, 0.2) is 9.88 Å². The molecule has 7 nitrogen and oxygen atoms in total. The zero-order chi connectivity index (χ0) is 17.7. The molecule has 0 fully saturated rings. The third-order valence-corrected chi connectivity index (χ3v) is 3.74. The lowest BCUT2D eigenvalue weighted by atomic mass is 10.1. The molecule has 2 rings (SSSR count). The average Bonchev–Trinajstić information content (AvgIpc) is 2.49. The summed E-state index contributed by atoms with van der Waals surface area (Å²) in [6.07, 6.45) is -0.0351. The van der Waals surface area contributed by atoms with E-state index in [0.717, 1.165) is 16.8 Å². The van der Waals surface area contributed by atoms with Gasteiger partial charge in [-0.2, -0.15) is 0 Å². The highest BCUT2D eigenvalue weighted by molar-refractivity contribution is 7.80. The molecule has 9 heteroatoms. The van der Waals surface area contributed by atoms with Crippen molar-refractivity contribution >= 4 is 41.1 Å². The first-order chi connectivity index (χ1) is 11.3. The molecule has 0 bridgehead atoms. The van der Waals surface area contributed by atoms with E-state index in [1.807, 2.05) is 32.0 Å². The van der Waals surface area contributed by atoms with E-state index in [1.54, 1.807) is 0 Å². The lowest BCUT2D eigenvalue weighted by Crippen LogP contribution is -2.44. The number of thiocarbonyl (C=S) groups is 1. The first-order valence-corrected chi connectivity index (χ1v) is 7.91. The van der Waals surface area contributed by atoms with Crippen LogP contribution < -0.4 is 21.7 Å². The van der Waals surface area contributed by atoms with Crippen LogP contribution in [0.25, 0.3) is 0 Å². The molecule has 0 radical (unpaired) electrons. The lowest BCUT2D eigenvalue weighted by molar-refractivity contribution is -0.121. The molecule has 0 unspecified atom stereocenters. The van der Waals surface area contributed by atoms with Crippen molar-refractivity contribution < 1.29 is 4.79 Å². The molecule has 0 aliphatic heterocycles. The fourth-order valence-electron chi connectivity index (χ4n) is 2.00. The summed E-state index contributed by atoms with van der Waals surface area (Å²) in [7, 11) is 0. The number of carbonyl (C=O) groups excluding carboxylic acids is 1. The Morgan fingerprint density at radius 2 is 1.96 bits per heavy atom. The third kappa shape index (κ3) is 5.00. The number of hydrogen-bond acceptors (Lipinski definition) is 4. The van der Waals surface area contributed by atoms with E-state index in [2.05, 4.69) is 26.1 Å². The summed E-state index contributed by atoms with van der Waals surface area (Å²) in [5.74, 6) is -0.364. The summed E-state index contributed by atoms with van der Waals surface area (Å²) >= 11 is 10.00. The number of anilines is 1. The minimum absolute atomic E-state index is 0.0351. The van der Waals surface area contributed by atoms with Crippen molar-refractivity contribution in [2.45, 2.75) is 20.3 Å². The van der Waals surface area contributed by atoms with Crippen LogP contribution in [0.2, 0.25) is 0 Å². The van der Waals surface area contributed by atoms with Crippen molar-refractivity contribution in [3.05, 3.63) is 56.2 Å². The van der Waals surface area contributed by atoms with Gasteiger partial charge in [0.05, 0.1) is 6.42 Å². The summed E-state index contributed by atoms with van der Waals surface area (Å²) in [4.78, 5) is 28.3. The van der Waals surface area contributed by atoms with Gasteiger partial charge < -0.3 is 10.3 Å². The maximum atomic E-state index is 11.9. The van der Waals surface area contributed by atoms with Crippen LogP contribution in [0.3, 0.4) is 0 Å². The van der Waals surface area contributed by atoms with Crippen LogP contribution in [0.1, 0.15) is 16.8 Å². The van der Waals surface area contributed by atoms with Gasteiger partial charge in [-0.1, -0.05) is 12.1 Å². The van der Waals surface area contributed by atoms with Crippen molar-refractivity contribution in [2.75, 3.05) is 5.32 Å². The first-order valence-electron chi connectivity index (χ1n) is 7.09. The molecule has 24 heavy (non-hydrogen) atoms. The molecule has 1 heterocycles. The Labute approximate surface area is 148 Å². The quantitative estimate of drug-likeness (QED) is 0.419. The molecule has 1 aromatic carbocycles.